The Hall–Kier alpha value is -1.19. The summed E-state index contributed by atoms with van der Waals surface area (Å²) in [5, 5.41) is 5.77. The summed E-state index contributed by atoms with van der Waals surface area (Å²) >= 11 is 1.80. The van der Waals surface area contributed by atoms with Crippen LogP contribution >= 0.6 is 11.3 Å². The SMILES string of the molecule is CCCNC(c1ccsc1C)c1ncccc1C. The predicted octanol–water partition coefficient (Wildman–Crippen LogP) is 3.85. The van der Waals surface area contributed by atoms with Crippen LogP contribution < -0.4 is 5.32 Å². The fourth-order valence-corrected chi connectivity index (χ4v) is 2.88. The van der Waals surface area contributed by atoms with E-state index < -0.39 is 0 Å². The summed E-state index contributed by atoms with van der Waals surface area (Å²) in [4.78, 5) is 5.94. The molecule has 2 nitrogen and oxygen atoms in total. The van der Waals surface area contributed by atoms with E-state index in [2.05, 4.69) is 48.6 Å². The topological polar surface area (TPSA) is 24.9 Å². The average Bonchev–Trinajstić information content (AvgIpc) is 2.78. The Bertz CT molecular complexity index is 505. The van der Waals surface area contributed by atoms with Gasteiger partial charge in [0.05, 0.1) is 11.7 Å². The van der Waals surface area contributed by atoms with Gasteiger partial charge in [-0.05, 0) is 55.5 Å². The van der Waals surface area contributed by atoms with Crippen molar-refractivity contribution in [3.05, 3.63) is 51.5 Å². The zero-order valence-electron chi connectivity index (χ0n) is 11.2. The predicted molar refractivity (Wildman–Crippen MR) is 78.2 cm³/mol. The van der Waals surface area contributed by atoms with Crippen molar-refractivity contribution in [1.82, 2.24) is 10.3 Å². The molecule has 0 fully saturated rings. The molecule has 1 atom stereocenters. The first-order valence-electron chi connectivity index (χ1n) is 6.43. The average molecular weight is 260 g/mol. The Kier molecular flexibility index (Phi) is 4.50. The monoisotopic (exact) mass is 260 g/mol. The normalized spacial score (nSPS) is 12.6. The smallest absolute Gasteiger partial charge is 0.0764 e. The Morgan fingerprint density at radius 3 is 2.78 bits per heavy atom. The lowest BCUT2D eigenvalue weighted by Gasteiger charge is -2.20. The third-order valence-corrected chi connectivity index (χ3v) is 3.99. The molecule has 0 saturated carbocycles. The van der Waals surface area contributed by atoms with Crippen LogP contribution in [0.1, 0.15) is 41.1 Å². The lowest BCUT2D eigenvalue weighted by molar-refractivity contribution is 0.583. The van der Waals surface area contributed by atoms with Gasteiger partial charge < -0.3 is 5.32 Å². The van der Waals surface area contributed by atoms with Gasteiger partial charge in [0.15, 0.2) is 0 Å². The van der Waals surface area contributed by atoms with Crippen LogP contribution in [0.2, 0.25) is 0 Å². The van der Waals surface area contributed by atoms with Crippen molar-refractivity contribution < 1.29 is 0 Å². The summed E-state index contributed by atoms with van der Waals surface area (Å²) in [5.41, 5.74) is 3.75. The van der Waals surface area contributed by atoms with Crippen molar-refractivity contribution in [3.63, 3.8) is 0 Å². The number of hydrogen-bond donors (Lipinski definition) is 1. The fraction of sp³-hybridized carbons (Fsp3) is 0.400. The van der Waals surface area contributed by atoms with Gasteiger partial charge in [0.2, 0.25) is 0 Å². The molecule has 0 aliphatic carbocycles. The van der Waals surface area contributed by atoms with Crippen molar-refractivity contribution in [3.8, 4) is 0 Å². The summed E-state index contributed by atoms with van der Waals surface area (Å²) in [6.45, 7) is 7.51. The number of hydrogen-bond acceptors (Lipinski definition) is 3. The first-order valence-corrected chi connectivity index (χ1v) is 7.31. The third-order valence-electron chi connectivity index (χ3n) is 3.13. The number of nitrogens with one attached hydrogen (secondary N) is 1. The van der Waals surface area contributed by atoms with Crippen LogP contribution in [0.5, 0.6) is 0 Å². The quantitative estimate of drug-likeness (QED) is 0.883. The van der Waals surface area contributed by atoms with E-state index in [9.17, 15) is 0 Å². The van der Waals surface area contributed by atoms with Crippen molar-refractivity contribution >= 4 is 11.3 Å². The highest BCUT2D eigenvalue weighted by Gasteiger charge is 2.18. The highest BCUT2D eigenvalue weighted by atomic mass is 32.1. The van der Waals surface area contributed by atoms with Crippen LogP contribution in [-0.2, 0) is 0 Å². The van der Waals surface area contributed by atoms with Gasteiger partial charge in [-0.2, -0.15) is 0 Å². The van der Waals surface area contributed by atoms with E-state index in [0.717, 1.165) is 18.7 Å². The first-order chi connectivity index (χ1) is 8.74. The largest absolute Gasteiger partial charge is 0.305 e. The summed E-state index contributed by atoms with van der Waals surface area (Å²) in [5.74, 6) is 0. The molecule has 2 rings (SSSR count). The Morgan fingerprint density at radius 2 is 2.17 bits per heavy atom. The minimum Gasteiger partial charge on any atom is -0.305 e. The third kappa shape index (κ3) is 2.79. The molecule has 96 valence electrons. The highest BCUT2D eigenvalue weighted by Crippen LogP contribution is 2.28. The number of thiophene rings is 1. The summed E-state index contributed by atoms with van der Waals surface area (Å²) < 4.78 is 0. The molecule has 0 aromatic carbocycles. The lowest BCUT2D eigenvalue weighted by atomic mass is 10.0. The molecule has 2 heterocycles. The summed E-state index contributed by atoms with van der Waals surface area (Å²) in [6, 6.07) is 6.56. The molecule has 1 N–H and O–H groups in total. The molecule has 0 aliphatic rings. The first kappa shape index (κ1) is 13.2. The number of pyridine rings is 1. The van der Waals surface area contributed by atoms with Crippen LogP contribution in [0.3, 0.4) is 0 Å². The zero-order chi connectivity index (χ0) is 13.0. The van der Waals surface area contributed by atoms with Gasteiger partial charge in [-0.15, -0.1) is 11.3 Å². The van der Waals surface area contributed by atoms with Crippen molar-refractivity contribution in [2.24, 2.45) is 0 Å². The Balaban J connectivity index is 2.37. The van der Waals surface area contributed by atoms with Crippen molar-refractivity contribution in [2.75, 3.05) is 6.54 Å². The van der Waals surface area contributed by atoms with Gasteiger partial charge in [0, 0.05) is 11.1 Å². The van der Waals surface area contributed by atoms with Crippen LogP contribution in [-0.4, -0.2) is 11.5 Å². The Labute approximate surface area is 113 Å². The highest BCUT2D eigenvalue weighted by molar-refractivity contribution is 7.10. The van der Waals surface area contributed by atoms with Crippen molar-refractivity contribution in [2.45, 2.75) is 33.2 Å². The minimum atomic E-state index is 0.220. The second-order valence-corrected chi connectivity index (χ2v) is 5.65. The number of rotatable bonds is 5. The molecular formula is C15H20N2S. The zero-order valence-corrected chi connectivity index (χ0v) is 12.1. The maximum atomic E-state index is 4.57. The molecule has 0 spiro atoms. The molecule has 18 heavy (non-hydrogen) atoms. The van der Waals surface area contributed by atoms with Gasteiger partial charge in [0.25, 0.3) is 0 Å². The van der Waals surface area contributed by atoms with E-state index in [0.29, 0.717) is 0 Å². The summed E-state index contributed by atoms with van der Waals surface area (Å²) in [6.07, 6.45) is 3.01. The minimum absolute atomic E-state index is 0.220. The van der Waals surface area contributed by atoms with E-state index in [4.69, 9.17) is 0 Å². The van der Waals surface area contributed by atoms with Gasteiger partial charge in [-0.3, -0.25) is 4.98 Å². The van der Waals surface area contributed by atoms with E-state index in [1.165, 1.54) is 16.0 Å². The van der Waals surface area contributed by atoms with E-state index in [-0.39, 0.29) is 6.04 Å². The standard InChI is InChI=1S/C15H20N2S/c1-4-8-16-15(13-7-10-18-12(13)3)14-11(2)6-5-9-17-14/h5-7,9-10,15-16H,4,8H2,1-3H3. The molecule has 0 amide bonds. The summed E-state index contributed by atoms with van der Waals surface area (Å²) in [7, 11) is 0. The molecule has 0 radical (unpaired) electrons. The van der Waals surface area contributed by atoms with Gasteiger partial charge in [-0.1, -0.05) is 13.0 Å². The molecule has 3 heteroatoms. The lowest BCUT2D eigenvalue weighted by Crippen LogP contribution is -2.25. The molecule has 2 aromatic heterocycles. The molecule has 0 saturated heterocycles. The maximum absolute atomic E-state index is 4.57. The second-order valence-electron chi connectivity index (χ2n) is 4.52. The van der Waals surface area contributed by atoms with Crippen LogP contribution in [0.15, 0.2) is 29.8 Å². The van der Waals surface area contributed by atoms with Crippen LogP contribution in [0.4, 0.5) is 0 Å². The second kappa shape index (κ2) is 6.12. The molecule has 0 aliphatic heterocycles. The molecule has 2 aromatic rings. The maximum Gasteiger partial charge on any atom is 0.0764 e. The van der Waals surface area contributed by atoms with E-state index in [1.54, 1.807) is 11.3 Å². The van der Waals surface area contributed by atoms with Gasteiger partial charge in [0.1, 0.15) is 0 Å². The van der Waals surface area contributed by atoms with Crippen molar-refractivity contribution in [1.29, 1.82) is 0 Å². The Morgan fingerprint density at radius 1 is 1.33 bits per heavy atom. The van der Waals surface area contributed by atoms with E-state index in [1.807, 2.05) is 12.3 Å². The van der Waals surface area contributed by atoms with E-state index >= 15 is 0 Å². The number of aromatic nitrogens is 1. The molecule has 1 unspecified atom stereocenters. The number of nitrogens with zero attached hydrogens (tertiary/aromatic N) is 1. The number of aryl methyl sites for hydroxylation is 2. The fourth-order valence-electron chi connectivity index (χ4n) is 2.14. The molecular weight excluding hydrogens is 240 g/mol. The molecule has 0 bridgehead atoms. The van der Waals surface area contributed by atoms with Gasteiger partial charge in [-0.25, -0.2) is 0 Å². The van der Waals surface area contributed by atoms with Crippen LogP contribution in [0.25, 0.3) is 0 Å². The van der Waals surface area contributed by atoms with Gasteiger partial charge >= 0.3 is 0 Å². The van der Waals surface area contributed by atoms with Crippen LogP contribution in [0, 0.1) is 13.8 Å².